The van der Waals surface area contributed by atoms with Crippen LogP contribution in [0.15, 0.2) is 12.1 Å². The molecule has 4 nitrogen and oxygen atoms in total. The zero-order valence-electron chi connectivity index (χ0n) is 8.90. The minimum Gasteiger partial charge on any atom is -0.377 e. The molecule has 1 aliphatic heterocycles. The zero-order valence-corrected chi connectivity index (χ0v) is 9.66. The second kappa shape index (κ2) is 3.94. The highest BCUT2D eigenvalue weighted by molar-refractivity contribution is 6.29. The zero-order chi connectivity index (χ0) is 10.9. The summed E-state index contributed by atoms with van der Waals surface area (Å²) in [4.78, 5) is 2.19. The number of hydrogen-bond acceptors (Lipinski definition) is 4. The van der Waals surface area contributed by atoms with E-state index in [1.54, 1.807) is 6.07 Å². The first kappa shape index (κ1) is 10.6. The lowest BCUT2D eigenvalue weighted by molar-refractivity contribution is 0.0638. The van der Waals surface area contributed by atoms with Gasteiger partial charge in [0.1, 0.15) is 0 Å². The van der Waals surface area contributed by atoms with Gasteiger partial charge in [-0.15, -0.1) is 10.2 Å². The maximum atomic E-state index is 5.70. The largest absolute Gasteiger partial charge is 0.377 e. The molecule has 0 amide bonds. The van der Waals surface area contributed by atoms with Crippen LogP contribution in [0.1, 0.15) is 13.8 Å². The molecule has 0 bridgehead atoms. The lowest BCUT2D eigenvalue weighted by atomic mass is 10.0. The van der Waals surface area contributed by atoms with E-state index < -0.39 is 0 Å². The van der Waals surface area contributed by atoms with E-state index in [1.165, 1.54) is 0 Å². The van der Waals surface area contributed by atoms with E-state index in [4.69, 9.17) is 16.3 Å². The third-order valence-electron chi connectivity index (χ3n) is 2.54. The van der Waals surface area contributed by atoms with Crippen LogP contribution >= 0.6 is 11.6 Å². The molecule has 2 heterocycles. The lowest BCUT2D eigenvalue weighted by Crippen LogP contribution is -2.53. The van der Waals surface area contributed by atoms with Gasteiger partial charge < -0.3 is 9.64 Å². The summed E-state index contributed by atoms with van der Waals surface area (Å²) in [7, 11) is 0. The van der Waals surface area contributed by atoms with Crippen LogP contribution in [-0.2, 0) is 4.74 Å². The Balaban J connectivity index is 2.25. The summed E-state index contributed by atoms with van der Waals surface area (Å²) in [6, 6.07) is 3.65. The fourth-order valence-corrected chi connectivity index (χ4v) is 1.84. The molecule has 2 rings (SSSR count). The molecule has 0 saturated carbocycles. The molecule has 0 spiro atoms. The predicted molar refractivity (Wildman–Crippen MR) is 59.3 cm³/mol. The minimum absolute atomic E-state index is 0.0409. The van der Waals surface area contributed by atoms with E-state index in [0.29, 0.717) is 11.8 Å². The molecule has 1 fully saturated rings. The number of hydrogen-bond donors (Lipinski definition) is 0. The van der Waals surface area contributed by atoms with Gasteiger partial charge in [-0.05, 0) is 26.0 Å². The summed E-state index contributed by atoms with van der Waals surface area (Å²) < 4.78 is 5.44. The molecule has 0 radical (unpaired) electrons. The maximum absolute atomic E-state index is 5.70. The molecular weight excluding hydrogens is 214 g/mol. The fraction of sp³-hybridized carbons (Fsp3) is 0.600. The van der Waals surface area contributed by atoms with Crippen molar-refractivity contribution in [2.45, 2.75) is 19.4 Å². The van der Waals surface area contributed by atoms with E-state index in [0.717, 1.165) is 19.0 Å². The maximum Gasteiger partial charge on any atom is 0.151 e. The average molecular weight is 228 g/mol. The smallest absolute Gasteiger partial charge is 0.151 e. The van der Waals surface area contributed by atoms with E-state index in [9.17, 15) is 0 Å². The Morgan fingerprint density at radius 1 is 1.40 bits per heavy atom. The van der Waals surface area contributed by atoms with Crippen LogP contribution in [-0.4, -0.2) is 35.5 Å². The highest BCUT2D eigenvalue weighted by atomic mass is 35.5. The Labute approximate surface area is 94.2 Å². The van der Waals surface area contributed by atoms with Crippen molar-refractivity contribution in [3.8, 4) is 0 Å². The molecule has 1 aliphatic rings. The molecule has 0 unspecified atom stereocenters. The highest BCUT2D eigenvalue weighted by Crippen LogP contribution is 2.24. The van der Waals surface area contributed by atoms with Crippen molar-refractivity contribution in [1.82, 2.24) is 10.2 Å². The van der Waals surface area contributed by atoms with Crippen molar-refractivity contribution < 1.29 is 4.74 Å². The van der Waals surface area contributed by atoms with Crippen molar-refractivity contribution in [3.63, 3.8) is 0 Å². The summed E-state index contributed by atoms with van der Waals surface area (Å²) in [6.45, 7) is 6.53. The van der Waals surface area contributed by atoms with E-state index >= 15 is 0 Å². The van der Waals surface area contributed by atoms with Crippen molar-refractivity contribution in [3.05, 3.63) is 17.3 Å². The van der Waals surface area contributed by atoms with Gasteiger partial charge in [0.2, 0.25) is 0 Å². The SMILES string of the molecule is CC1(C)COCCN1c1ccc(Cl)nn1. The quantitative estimate of drug-likeness (QED) is 0.733. The minimum atomic E-state index is -0.0409. The molecule has 1 saturated heterocycles. The van der Waals surface area contributed by atoms with Gasteiger partial charge in [-0.1, -0.05) is 11.6 Å². The molecule has 1 aromatic heterocycles. The van der Waals surface area contributed by atoms with Crippen LogP contribution in [0.2, 0.25) is 5.15 Å². The summed E-state index contributed by atoms with van der Waals surface area (Å²) >= 11 is 5.70. The van der Waals surface area contributed by atoms with Crippen LogP contribution in [0.25, 0.3) is 0 Å². The van der Waals surface area contributed by atoms with Crippen LogP contribution in [0, 0.1) is 0 Å². The predicted octanol–water partition coefficient (Wildman–Crippen LogP) is 1.75. The number of aromatic nitrogens is 2. The molecule has 0 aromatic carbocycles. The third-order valence-corrected chi connectivity index (χ3v) is 2.74. The summed E-state index contributed by atoms with van der Waals surface area (Å²) in [6.07, 6.45) is 0. The van der Waals surface area contributed by atoms with E-state index in [-0.39, 0.29) is 5.54 Å². The molecule has 0 aliphatic carbocycles. The van der Waals surface area contributed by atoms with Gasteiger partial charge in [0.15, 0.2) is 11.0 Å². The van der Waals surface area contributed by atoms with Crippen molar-refractivity contribution >= 4 is 17.4 Å². The van der Waals surface area contributed by atoms with Gasteiger partial charge in [-0.25, -0.2) is 0 Å². The second-order valence-corrected chi connectivity index (χ2v) is 4.62. The number of nitrogens with zero attached hydrogens (tertiary/aromatic N) is 3. The number of anilines is 1. The van der Waals surface area contributed by atoms with Crippen molar-refractivity contribution in [1.29, 1.82) is 0 Å². The van der Waals surface area contributed by atoms with E-state index in [2.05, 4.69) is 28.9 Å². The first-order valence-electron chi connectivity index (χ1n) is 4.94. The van der Waals surface area contributed by atoms with Gasteiger partial charge in [0, 0.05) is 6.54 Å². The molecule has 0 N–H and O–H groups in total. The normalized spacial score (nSPS) is 20.3. The van der Waals surface area contributed by atoms with Gasteiger partial charge in [-0.2, -0.15) is 0 Å². The Kier molecular flexibility index (Phi) is 2.80. The molecule has 1 aromatic rings. The van der Waals surface area contributed by atoms with Crippen molar-refractivity contribution in [2.75, 3.05) is 24.7 Å². The Morgan fingerprint density at radius 3 is 2.80 bits per heavy atom. The highest BCUT2D eigenvalue weighted by Gasteiger charge is 2.31. The Morgan fingerprint density at radius 2 is 2.20 bits per heavy atom. The fourth-order valence-electron chi connectivity index (χ4n) is 1.74. The average Bonchev–Trinajstić information content (AvgIpc) is 2.19. The van der Waals surface area contributed by atoms with Crippen molar-refractivity contribution in [2.24, 2.45) is 0 Å². The monoisotopic (exact) mass is 227 g/mol. The Bertz CT molecular complexity index is 339. The number of halogens is 1. The summed E-state index contributed by atoms with van der Waals surface area (Å²) in [5.41, 5.74) is -0.0409. The lowest BCUT2D eigenvalue weighted by Gasteiger charge is -2.42. The third kappa shape index (κ3) is 2.21. The topological polar surface area (TPSA) is 38.2 Å². The molecule has 5 heteroatoms. The summed E-state index contributed by atoms with van der Waals surface area (Å²) in [5, 5.41) is 8.36. The van der Waals surface area contributed by atoms with Gasteiger partial charge >= 0.3 is 0 Å². The van der Waals surface area contributed by atoms with E-state index in [1.807, 2.05) is 6.07 Å². The number of rotatable bonds is 1. The van der Waals surface area contributed by atoms with Gasteiger partial charge in [-0.3, -0.25) is 0 Å². The molecular formula is C10H14ClN3O. The molecule has 82 valence electrons. The number of ether oxygens (including phenoxy) is 1. The Hall–Kier alpha value is -0.870. The van der Waals surface area contributed by atoms with Gasteiger partial charge in [0.25, 0.3) is 0 Å². The van der Waals surface area contributed by atoms with Crippen LogP contribution in [0.4, 0.5) is 5.82 Å². The van der Waals surface area contributed by atoms with Crippen LogP contribution < -0.4 is 4.90 Å². The summed E-state index contributed by atoms with van der Waals surface area (Å²) in [5.74, 6) is 0.854. The second-order valence-electron chi connectivity index (χ2n) is 4.23. The first-order valence-corrected chi connectivity index (χ1v) is 5.32. The molecule has 15 heavy (non-hydrogen) atoms. The standard InChI is InChI=1S/C10H14ClN3O/c1-10(2)7-15-6-5-14(10)9-4-3-8(11)12-13-9/h3-4H,5-7H2,1-2H3. The molecule has 0 atom stereocenters. The first-order chi connectivity index (χ1) is 7.09. The van der Waals surface area contributed by atoms with Gasteiger partial charge in [0.05, 0.1) is 18.8 Å². The number of morpholine rings is 1. The van der Waals surface area contributed by atoms with Crippen LogP contribution in [0.3, 0.4) is 0 Å². The van der Waals surface area contributed by atoms with Crippen LogP contribution in [0.5, 0.6) is 0 Å².